The molecule has 2 amide bonds. The first-order valence-electron chi connectivity index (χ1n) is 9.32. The van der Waals surface area contributed by atoms with E-state index in [1.807, 2.05) is 30.3 Å². The van der Waals surface area contributed by atoms with Crippen molar-refractivity contribution in [3.05, 3.63) is 66.4 Å². The number of nitrogens with zero attached hydrogens (tertiary/aromatic N) is 3. The molecule has 1 aliphatic rings. The number of ether oxygens (including phenoxy) is 1. The zero-order chi connectivity index (χ0) is 20.9. The van der Waals surface area contributed by atoms with Gasteiger partial charge in [0, 0.05) is 17.3 Å². The molecule has 1 saturated heterocycles. The zero-order valence-corrected chi connectivity index (χ0v) is 16.8. The highest BCUT2D eigenvalue weighted by atomic mass is 32.2. The van der Waals surface area contributed by atoms with Crippen LogP contribution in [0.2, 0.25) is 0 Å². The molecule has 1 aliphatic heterocycles. The highest BCUT2D eigenvalue weighted by Gasteiger charge is 2.29. The largest absolute Gasteiger partial charge is 0.457 e. The molecule has 0 unspecified atom stereocenters. The van der Waals surface area contributed by atoms with Gasteiger partial charge in [-0.15, -0.1) is 11.8 Å². The van der Waals surface area contributed by atoms with E-state index in [4.69, 9.17) is 10.00 Å². The van der Waals surface area contributed by atoms with E-state index in [-0.39, 0.29) is 18.4 Å². The van der Waals surface area contributed by atoms with Crippen LogP contribution in [0.15, 0.2) is 60.8 Å². The molecule has 8 heteroatoms. The van der Waals surface area contributed by atoms with Crippen LogP contribution in [-0.2, 0) is 4.79 Å². The summed E-state index contributed by atoms with van der Waals surface area (Å²) in [5.41, 5.74) is 1.05. The zero-order valence-electron chi connectivity index (χ0n) is 15.9. The van der Waals surface area contributed by atoms with Crippen LogP contribution in [0.5, 0.6) is 11.5 Å². The van der Waals surface area contributed by atoms with Crippen LogP contribution in [0, 0.1) is 11.3 Å². The molecule has 0 radical (unpaired) electrons. The minimum Gasteiger partial charge on any atom is -0.457 e. The third-order valence-corrected chi connectivity index (χ3v) is 5.70. The van der Waals surface area contributed by atoms with E-state index in [0.29, 0.717) is 39.6 Å². The molecular weight excluding hydrogens is 400 g/mol. The monoisotopic (exact) mass is 418 g/mol. The lowest BCUT2D eigenvalue weighted by Gasteiger charge is -2.18. The van der Waals surface area contributed by atoms with Gasteiger partial charge in [-0.3, -0.25) is 14.6 Å². The number of hydrogen-bond donors (Lipinski definition) is 1. The average Bonchev–Trinajstić information content (AvgIpc) is 3.26. The average molecular weight is 418 g/mol. The fourth-order valence-corrected chi connectivity index (χ4v) is 4.26. The van der Waals surface area contributed by atoms with Gasteiger partial charge in [0.25, 0.3) is 5.91 Å². The van der Waals surface area contributed by atoms with Gasteiger partial charge in [0.1, 0.15) is 17.5 Å². The fourth-order valence-electron chi connectivity index (χ4n) is 3.16. The SMILES string of the molecule is N#C[C@@H]1CSCN1C(=O)CNC(=O)c1ccnc2ccc(Oc3ccccc3)cc12. The molecule has 7 nitrogen and oxygen atoms in total. The van der Waals surface area contributed by atoms with Crippen LogP contribution in [0.1, 0.15) is 10.4 Å². The summed E-state index contributed by atoms with van der Waals surface area (Å²) in [6, 6.07) is 18.0. The van der Waals surface area contributed by atoms with Crippen LogP contribution in [0.3, 0.4) is 0 Å². The Morgan fingerprint density at radius 2 is 2.03 bits per heavy atom. The van der Waals surface area contributed by atoms with E-state index in [2.05, 4.69) is 16.4 Å². The van der Waals surface area contributed by atoms with E-state index in [1.54, 1.807) is 30.5 Å². The van der Waals surface area contributed by atoms with Gasteiger partial charge in [0.2, 0.25) is 5.91 Å². The van der Waals surface area contributed by atoms with Crippen molar-refractivity contribution in [1.29, 1.82) is 5.26 Å². The second-order valence-corrected chi connectivity index (χ2v) is 7.64. The Morgan fingerprint density at radius 1 is 1.20 bits per heavy atom. The first-order valence-corrected chi connectivity index (χ1v) is 10.5. The summed E-state index contributed by atoms with van der Waals surface area (Å²) in [4.78, 5) is 31.0. The molecule has 0 spiro atoms. The predicted octanol–water partition coefficient (Wildman–Crippen LogP) is 3.18. The van der Waals surface area contributed by atoms with Gasteiger partial charge in [0.15, 0.2) is 0 Å². The number of thioether (sulfide) groups is 1. The number of carbonyl (C=O) groups is 2. The number of nitriles is 1. The number of amides is 2. The number of aromatic nitrogens is 1. The summed E-state index contributed by atoms with van der Waals surface area (Å²) in [6.07, 6.45) is 1.56. The summed E-state index contributed by atoms with van der Waals surface area (Å²) in [6.45, 7) is -0.165. The minimum absolute atomic E-state index is 0.165. The van der Waals surface area contributed by atoms with Crippen LogP contribution in [0.25, 0.3) is 10.9 Å². The standard InChI is InChI=1S/C22H18N4O3S/c23-11-15-13-30-14-26(15)21(27)12-25-22(28)18-8-9-24-20-7-6-17(10-19(18)20)29-16-4-2-1-3-5-16/h1-10,15H,12-14H2,(H,25,28)/t15-/m1/s1. The van der Waals surface area contributed by atoms with E-state index >= 15 is 0 Å². The lowest BCUT2D eigenvalue weighted by atomic mass is 10.1. The molecule has 1 N–H and O–H groups in total. The Kier molecular flexibility index (Phi) is 5.82. The van der Waals surface area contributed by atoms with Gasteiger partial charge in [0.05, 0.1) is 29.6 Å². The Hall–Kier alpha value is -3.57. The van der Waals surface area contributed by atoms with Crippen molar-refractivity contribution in [1.82, 2.24) is 15.2 Å². The molecule has 3 aromatic rings. The van der Waals surface area contributed by atoms with Gasteiger partial charge < -0.3 is 15.0 Å². The maximum absolute atomic E-state index is 12.8. The minimum atomic E-state index is -0.446. The Bertz CT molecular complexity index is 1130. The molecule has 4 rings (SSSR count). The summed E-state index contributed by atoms with van der Waals surface area (Å²) in [5.74, 6) is 1.67. The van der Waals surface area contributed by atoms with Gasteiger partial charge >= 0.3 is 0 Å². The van der Waals surface area contributed by atoms with Crippen LogP contribution in [-0.4, -0.2) is 45.9 Å². The number of benzene rings is 2. The van der Waals surface area contributed by atoms with E-state index < -0.39 is 6.04 Å². The predicted molar refractivity (Wildman–Crippen MR) is 114 cm³/mol. The lowest BCUT2D eigenvalue weighted by molar-refractivity contribution is -0.129. The van der Waals surface area contributed by atoms with Crippen molar-refractivity contribution in [2.45, 2.75) is 6.04 Å². The number of carbonyl (C=O) groups excluding carboxylic acids is 2. The maximum atomic E-state index is 12.8. The molecule has 30 heavy (non-hydrogen) atoms. The third kappa shape index (κ3) is 4.21. The Balaban J connectivity index is 1.51. The van der Waals surface area contributed by atoms with Crippen molar-refractivity contribution in [3.8, 4) is 17.6 Å². The first-order chi connectivity index (χ1) is 14.7. The van der Waals surface area contributed by atoms with Crippen molar-refractivity contribution >= 4 is 34.5 Å². The molecule has 2 heterocycles. The molecule has 1 aromatic heterocycles. The number of nitrogens with one attached hydrogen (secondary N) is 1. The van der Waals surface area contributed by atoms with Crippen molar-refractivity contribution < 1.29 is 14.3 Å². The van der Waals surface area contributed by atoms with E-state index in [9.17, 15) is 9.59 Å². The number of hydrogen-bond acceptors (Lipinski definition) is 6. The van der Waals surface area contributed by atoms with E-state index in [0.717, 1.165) is 0 Å². The van der Waals surface area contributed by atoms with Crippen LogP contribution in [0.4, 0.5) is 0 Å². The maximum Gasteiger partial charge on any atom is 0.252 e. The van der Waals surface area contributed by atoms with Gasteiger partial charge in [-0.25, -0.2) is 0 Å². The number of rotatable bonds is 5. The molecule has 150 valence electrons. The highest BCUT2D eigenvalue weighted by molar-refractivity contribution is 7.99. The quantitative estimate of drug-likeness (QED) is 0.684. The fraction of sp³-hybridized carbons (Fsp3) is 0.182. The normalized spacial score (nSPS) is 15.6. The summed E-state index contributed by atoms with van der Waals surface area (Å²) in [5, 5.41) is 12.4. The molecule has 1 atom stereocenters. The molecule has 2 aromatic carbocycles. The van der Waals surface area contributed by atoms with Gasteiger partial charge in [-0.2, -0.15) is 5.26 Å². The van der Waals surface area contributed by atoms with Crippen LogP contribution < -0.4 is 10.1 Å². The smallest absolute Gasteiger partial charge is 0.252 e. The van der Waals surface area contributed by atoms with Crippen molar-refractivity contribution in [2.24, 2.45) is 0 Å². The summed E-state index contributed by atoms with van der Waals surface area (Å²) >= 11 is 1.53. The van der Waals surface area contributed by atoms with Crippen LogP contribution >= 0.6 is 11.8 Å². The van der Waals surface area contributed by atoms with Gasteiger partial charge in [-0.05, 0) is 36.4 Å². The van der Waals surface area contributed by atoms with Crippen molar-refractivity contribution in [3.63, 3.8) is 0 Å². The summed E-state index contributed by atoms with van der Waals surface area (Å²) in [7, 11) is 0. The molecule has 0 saturated carbocycles. The van der Waals surface area contributed by atoms with Crippen molar-refractivity contribution in [2.75, 3.05) is 18.2 Å². The number of para-hydroxylation sites is 1. The second kappa shape index (κ2) is 8.84. The van der Waals surface area contributed by atoms with E-state index in [1.165, 1.54) is 16.7 Å². The molecular formula is C22H18N4O3S. The number of pyridine rings is 1. The topological polar surface area (TPSA) is 95.3 Å². The number of fused-ring (bicyclic) bond motifs is 1. The molecule has 1 fully saturated rings. The Labute approximate surface area is 177 Å². The van der Waals surface area contributed by atoms with Gasteiger partial charge in [-0.1, -0.05) is 18.2 Å². The first kappa shape index (κ1) is 19.7. The molecule has 0 aliphatic carbocycles. The highest BCUT2D eigenvalue weighted by Crippen LogP contribution is 2.26. The molecule has 0 bridgehead atoms. The summed E-state index contributed by atoms with van der Waals surface area (Å²) < 4.78 is 5.86. The second-order valence-electron chi connectivity index (χ2n) is 6.64. The third-order valence-electron chi connectivity index (χ3n) is 4.69. The Morgan fingerprint density at radius 3 is 2.83 bits per heavy atom. The lowest BCUT2D eigenvalue weighted by Crippen LogP contribution is -2.42.